The smallest absolute Gasteiger partial charge is 0.145 e. The van der Waals surface area contributed by atoms with Gasteiger partial charge in [0.1, 0.15) is 13.6 Å². The third-order valence-electron chi connectivity index (χ3n) is 7.56. The molecule has 3 atom stereocenters. The molecule has 1 aromatic heterocycles. The molecule has 2 aromatic rings. The number of Topliss-reactive ketones (excluding diaryl/α,β-unsaturated/α-hetero) is 1. The van der Waals surface area contributed by atoms with Crippen molar-refractivity contribution in [1.82, 2.24) is 9.88 Å². The molecule has 2 unspecified atom stereocenters. The lowest BCUT2D eigenvalue weighted by atomic mass is 9.77. The van der Waals surface area contributed by atoms with E-state index in [1.807, 2.05) is 6.07 Å². The first kappa shape index (κ1) is 22.2. The van der Waals surface area contributed by atoms with Gasteiger partial charge in [-0.25, -0.2) is 0 Å². The third kappa shape index (κ3) is 5.01. The van der Waals surface area contributed by atoms with Crippen LogP contribution in [0.15, 0.2) is 66.4 Å². The predicted octanol–water partition coefficient (Wildman–Crippen LogP) is 4.65. The van der Waals surface area contributed by atoms with Gasteiger partial charge in [0.25, 0.3) is 0 Å². The molecule has 3 aliphatic rings. The van der Waals surface area contributed by atoms with Crippen LogP contribution in [0.1, 0.15) is 54.0 Å². The van der Waals surface area contributed by atoms with Gasteiger partial charge < -0.3 is 9.88 Å². The van der Waals surface area contributed by atoms with Crippen LogP contribution in [-0.4, -0.2) is 31.3 Å². The fraction of sp³-hybridized carbons (Fsp3) is 0.414. The highest BCUT2D eigenvalue weighted by molar-refractivity contribution is 6.13. The van der Waals surface area contributed by atoms with Crippen molar-refractivity contribution in [2.24, 2.45) is 5.92 Å². The molecule has 1 N–H and O–H groups in total. The molecule has 0 radical (unpaired) electrons. The van der Waals surface area contributed by atoms with Crippen molar-refractivity contribution in [2.45, 2.75) is 56.8 Å². The van der Waals surface area contributed by atoms with Gasteiger partial charge in [-0.15, -0.1) is 0 Å². The number of carbonyl (C=O) groups excluding carboxylic acids is 1. The second kappa shape index (κ2) is 10.1. The monoisotopic (exact) mass is 438 g/mol. The number of fused-ring (bicyclic) bond motifs is 1. The number of carbonyl (C=O) groups is 1. The zero-order valence-electron chi connectivity index (χ0n) is 19.8. The molecule has 0 bridgehead atoms. The quantitative estimate of drug-likeness (QED) is 0.639. The number of piperidine rings is 1. The Balaban J connectivity index is 1.48. The molecular weight excluding hydrogens is 403 g/mol. The van der Waals surface area contributed by atoms with Crippen molar-refractivity contribution in [3.8, 4) is 0 Å². The van der Waals surface area contributed by atoms with Crippen LogP contribution in [0.5, 0.6) is 0 Å². The van der Waals surface area contributed by atoms with E-state index in [1.165, 1.54) is 22.4 Å². The van der Waals surface area contributed by atoms with Crippen LogP contribution in [0.25, 0.3) is 6.08 Å². The van der Waals surface area contributed by atoms with E-state index in [4.69, 9.17) is 0 Å². The van der Waals surface area contributed by atoms with E-state index in [0.29, 0.717) is 11.6 Å². The topological polar surface area (TPSA) is 34.0 Å². The average Bonchev–Trinajstić information content (AvgIpc) is 3.19. The van der Waals surface area contributed by atoms with Crippen LogP contribution in [-0.2, 0) is 24.2 Å². The van der Waals surface area contributed by atoms with E-state index in [9.17, 15) is 4.79 Å². The van der Waals surface area contributed by atoms with Gasteiger partial charge in [-0.2, -0.15) is 0 Å². The number of hydrogen-bond acceptors (Lipinski definition) is 2. The van der Waals surface area contributed by atoms with E-state index in [0.717, 1.165) is 63.7 Å². The number of benzene rings is 1. The Hall–Kier alpha value is -2.59. The molecule has 1 aromatic carbocycles. The molecule has 2 aliphatic carbocycles. The van der Waals surface area contributed by atoms with Crippen LogP contribution in [0.2, 0.25) is 5.82 Å². The fourth-order valence-electron chi connectivity index (χ4n) is 5.71. The molecule has 1 saturated heterocycles. The van der Waals surface area contributed by atoms with Crippen LogP contribution >= 0.6 is 0 Å². The molecule has 0 saturated carbocycles. The lowest BCUT2D eigenvalue weighted by Crippen LogP contribution is -2.37. The van der Waals surface area contributed by atoms with Gasteiger partial charge in [0.2, 0.25) is 0 Å². The molecule has 0 spiro atoms. The summed E-state index contributed by atoms with van der Waals surface area (Å²) >= 11 is 0. The second-order valence-corrected chi connectivity index (χ2v) is 10.1. The SMILES string of the molecule is BC1C=Cc2c(CC(C(=O)[C@@H]3CCCNC3)c3ccccc3)cn(CC3=CC=CCC3)c2C1. The molecule has 4 heteroatoms. The minimum Gasteiger partial charge on any atom is -0.347 e. The second-order valence-electron chi connectivity index (χ2n) is 10.1. The Labute approximate surface area is 199 Å². The van der Waals surface area contributed by atoms with E-state index in [-0.39, 0.29) is 11.8 Å². The third-order valence-corrected chi connectivity index (χ3v) is 7.56. The standard InChI is InChI=1S/C29H35BN2O/c30-25-13-14-26-24(20-32(28(26)17-25)19-21-8-3-1-4-9-21)16-27(22-10-5-2-6-11-22)29(33)23-12-7-15-31-18-23/h1-3,5-6,8,10-11,13-14,20,23,25,27,31H,4,7,9,12,15-19,30H2/t23-,25?,27?/m1/s1. The molecule has 2 heterocycles. The van der Waals surface area contributed by atoms with Gasteiger partial charge >= 0.3 is 0 Å². The first-order chi connectivity index (χ1) is 16.2. The van der Waals surface area contributed by atoms with Crippen LogP contribution in [0, 0.1) is 5.92 Å². The first-order valence-corrected chi connectivity index (χ1v) is 12.7. The number of nitrogens with zero attached hydrogens (tertiary/aromatic N) is 1. The van der Waals surface area contributed by atoms with Crippen molar-refractivity contribution in [3.05, 3.63) is 88.8 Å². The predicted molar refractivity (Wildman–Crippen MR) is 139 cm³/mol. The van der Waals surface area contributed by atoms with Gasteiger partial charge in [0.15, 0.2) is 0 Å². The van der Waals surface area contributed by atoms with Gasteiger partial charge in [-0.3, -0.25) is 4.79 Å². The van der Waals surface area contributed by atoms with Crippen molar-refractivity contribution >= 4 is 19.7 Å². The zero-order chi connectivity index (χ0) is 22.6. The zero-order valence-corrected chi connectivity index (χ0v) is 19.8. The Morgan fingerprint density at radius 3 is 2.88 bits per heavy atom. The van der Waals surface area contributed by atoms with Gasteiger partial charge in [-0.1, -0.05) is 66.3 Å². The number of aromatic nitrogens is 1. The molecular formula is C29H35BN2O. The summed E-state index contributed by atoms with van der Waals surface area (Å²) in [5, 5.41) is 3.44. The fourth-order valence-corrected chi connectivity index (χ4v) is 5.71. The summed E-state index contributed by atoms with van der Waals surface area (Å²) < 4.78 is 2.48. The van der Waals surface area contributed by atoms with Crippen molar-refractivity contribution in [1.29, 1.82) is 0 Å². The molecule has 170 valence electrons. The molecule has 1 aliphatic heterocycles. The van der Waals surface area contributed by atoms with Crippen molar-refractivity contribution < 1.29 is 4.79 Å². The summed E-state index contributed by atoms with van der Waals surface area (Å²) in [5.41, 5.74) is 6.77. The summed E-state index contributed by atoms with van der Waals surface area (Å²) in [6, 6.07) is 10.5. The largest absolute Gasteiger partial charge is 0.347 e. The number of hydrogen-bond donors (Lipinski definition) is 1. The maximum absolute atomic E-state index is 13.8. The number of nitrogens with one attached hydrogen (secondary N) is 1. The normalized spacial score (nSPS) is 23.1. The van der Waals surface area contributed by atoms with E-state index >= 15 is 0 Å². The first-order valence-electron chi connectivity index (χ1n) is 12.7. The number of allylic oxidation sites excluding steroid dienone is 5. The van der Waals surface area contributed by atoms with Crippen LogP contribution in [0.3, 0.4) is 0 Å². The number of ketones is 1. The minimum absolute atomic E-state index is 0.0828. The highest BCUT2D eigenvalue weighted by Gasteiger charge is 2.31. The number of rotatable bonds is 7. The molecule has 1 fully saturated rings. The Bertz CT molecular complexity index is 1070. The Kier molecular flexibility index (Phi) is 6.82. The summed E-state index contributed by atoms with van der Waals surface area (Å²) in [5.74, 6) is 1.000. The van der Waals surface area contributed by atoms with Crippen molar-refractivity contribution in [2.75, 3.05) is 13.1 Å². The van der Waals surface area contributed by atoms with E-state index < -0.39 is 0 Å². The van der Waals surface area contributed by atoms with Crippen molar-refractivity contribution in [3.63, 3.8) is 0 Å². The summed E-state index contributed by atoms with van der Waals surface area (Å²) in [4.78, 5) is 13.8. The average molecular weight is 438 g/mol. The lowest BCUT2D eigenvalue weighted by Gasteiger charge is -2.26. The maximum atomic E-state index is 13.8. The Morgan fingerprint density at radius 1 is 1.24 bits per heavy atom. The summed E-state index contributed by atoms with van der Waals surface area (Å²) in [6.45, 7) is 2.81. The molecule has 5 rings (SSSR count). The molecule has 0 amide bonds. The van der Waals surface area contributed by atoms with Gasteiger partial charge in [-0.05, 0) is 67.6 Å². The lowest BCUT2D eigenvalue weighted by molar-refractivity contribution is -0.124. The van der Waals surface area contributed by atoms with Crippen LogP contribution < -0.4 is 5.32 Å². The summed E-state index contributed by atoms with van der Waals surface area (Å²) in [7, 11) is 2.30. The van der Waals surface area contributed by atoms with E-state index in [2.05, 4.69) is 78.6 Å². The van der Waals surface area contributed by atoms with E-state index in [1.54, 1.807) is 0 Å². The maximum Gasteiger partial charge on any atom is 0.145 e. The summed E-state index contributed by atoms with van der Waals surface area (Å²) in [6.07, 6.45) is 20.0. The molecule has 33 heavy (non-hydrogen) atoms. The van der Waals surface area contributed by atoms with Crippen LogP contribution in [0.4, 0.5) is 0 Å². The minimum atomic E-state index is -0.0828. The highest BCUT2D eigenvalue weighted by atomic mass is 16.1. The van der Waals surface area contributed by atoms with Gasteiger partial charge in [0, 0.05) is 36.8 Å². The molecule has 3 nitrogen and oxygen atoms in total. The highest BCUT2D eigenvalue weighted by Crippen LogP contribution is 2.35. The van der Waals surface area contributed by atoms with Gasteiger partial charge in [0.05, 0.1) is 0 Å². The Morgan fingerprint density at radius 2 is 2.12 bits per heavy atom.